The highest BCUT2D eigenvalue weighted by atomic mass is 79.9. The van der Waals surface area contributed by atoms with Crippen LogP contribution in [0, 0.1) is 6.92 Å². The lowest BCUT2D eigenvalue weighted by Crippen LogP contribution is -1.94. The first-order chi connectivity index (χ1) is 8.65. The maximum absolute atomic E-state index is 6.03. The van der Waals surface area contributed by atoms with Gasteiger partial charge in [0.2, 0.25) is 6.79 Å². The quantitative estimate of drug-likeness (QED) is 0.751. The lowest BCUT2D eigenvalue weighted by Gasteiger charge is -2.05. The average Bonchev–Trinajstić information content (AvgIpc) is 2.82. The minimum absolute atomic E-state index is 0.250. The molecule has 4 nitrogen and oxygen atoms in total. The van der Waals surface area contributed by atoms with Crippen molar-refractivity contribution in [2.45, 2.75) is 6.92 Å². The molecule has 1 aromatic heterocycles. The number of nitrogens with zero attached hydrogens (tertiary/aromatic N) is 2. The summed E-state index contributed by atoms with van der Waals surface area (Å²) in [7, 11) is 0. The van der Waals surface area contributed by atoms with Crippen molar-refractivity contribution in [2.24, 2.45) is 0 Å². The van der Waals surface area contributed by atoms with Crippen LogP contribution < -0.4 is 9.47 Å². The van der Waals surface area contributed by atoms with Gasteiger partial charge in [-0.25, -0.2) is 9.97 Å². The molecule has 3 rings (SSSR count). The minimum atomic E-state index is 0.250. The molecule has 0 unspecified atom stereocenters. The van der Waals surface area contributed by atoms with Crippen LogP contribution in [-0.4, -0.2) is 16.8 Å². The predicted molar refractivity (Wildman–Crippen MR) is 71.0 cm³/mol. The van der Waals surface area contributed by atoms with Crippen molar-refractivity contribution < 1.29 is 9.47 Å². The van der Waals surface area contributed by atoms with E-state index in [-0.39, 0.29) is 6.79 Å². The van der Waals surface area contributed by atoms with Crippen molar-refractivity contribution in [1.29, 1.82) is 0 Å². The number of rotatable bonds is 1. The van der Waals surface area contributed by atoms with Gasteiger partial charge in [0.05, 0.1) is 10.2 Å². The third kappa shape index (κ3) is 1.93. The third-order valence-electron chi connectivity index (χ3n) is 2.61. The van der Waals surface area contributed by atoms with Gasteiger partial charge in [-0.1, -0.05) is 11.6 Å². The number of hydrogen-bond donors (Lipinski definition) is 0. The largest absolute Gasteiger partial charge is 0.454 e. The van der Waals surface area contributed by atoms with Crippen LogP contribution in [-0.2, 0) is 0 Å². The van der Waals surface area contributed by atoms with Gasteiger partial charge in [0.15, 0.2) is 17.3 Å². The van der Waals surface area contributed by atoms with Crippen LogP contribution in [0.1, 0.15) is 5.69 Å². The summed E-state index contributed by atoms with van der Waals surface area (Å²) in [6.07, 6.45) is 0. The fraction of sp³-hybridized carbons (Fsp3) is 0.167. The fourth-order valence-corrected chi connectivity index (χ4v) is 2.08. The number of hydrogen-bond acceptors (Lipinski definition) is 4. The summed E-state index contributed by atoms with van der Waals surface area (Å²) >= 11 is 9.37. The van der Waals surface area contributed by atoms with Crippen molar-refractivity contribution in [3.05, 3.63) is 33.5 Å². The summed E-state index contributed by atoms with van der Waals surface area (Å²) in [6.45, 7) is 2.12. The molecular formula is C12H8BrClN2O2. The molecule has 92 valence electrons. The van der Waals surface area contributed by atoms with E-state index in [0.717, 1.165) is 17.0 Å². The van der Waals surface area contributed by atoms with Crippen LogP contribution in [0.25, 0.3) is 11.4 Å². The van der Waals surface area contributed by atoms with E-state index >= 15 is 0 Å². The zero-order chi connectivity index (χ0) is 12.7. The highest BCUT2D eigenvalue weighted by Gasteiger charge is 2.16. The second kappa shape index (κ2) is 4.40. The molecule has 0 fully saturated rings. The van der Waals surface area contributed by atoms with Crippen LogP contribution in [0.15, 0.2) is 22.7 Å². The molecule has 0 radical (unpaired) electrons. The molecule has 0 aliphatic carbocycles. The van der Waals surface area contributed by atoms with Crippen molar-refractivity contribution in [3.63, 3.8) is 0 Å². The average molecular weight is 328 g/mol. The molecular weight excluding hydrogens is 320 g/mol. The van der Waals surface area contributed by atoms with Crippen LogP contribution in [0.2, 0.25) is 5.15 Å². The maximum atomic E-state index is 6.03. The van der Waals surface area contributed by atoms with Crippen LogP contribution in [0.4, 0.5) is 0 Å². The molecule has 0 N–H and O–H groups in total. The van der Waals surface area contributed by atoms with Gasteiger partial charge in [-0.3, -0.25) is 0 Å². The molecule has 18 heavy (non-hydrogen) atoms. The van der Waals surface area contributed by atoms with Crippen LogP contribution in [0.3, 0.4) is 0 Å². The van der Waals surface area contributed by atoms with E-state index in [0.29, 0.717) is 21.2 Å². The molecule has 0 atom stereocenters. The number of fused-ring (bicyclic) bond motifs is 1. The molecule has 2 aromatic rings. The number of aromatic nitrogens is 2. The standard InChI is InChI=1S/C12H8BrClN2O2/c1-6-10(13)11(14)16-12(15-6)7-2-3-8-9(4-7)18-5-17-8/h2-4H,5H2,1H3. The lowest BCUT2D eigenvalue weighted by molar-refractivity contribution is 0.174. The Hall–Kier alpha value is -1.33. The normalized spacial score (nSPS) is 12.8. The van der Waals surface area contributed by atoms with E-state index in [1.807, 2.05) is 25.1 Å². The molecule has 1 aliphatic heterocycles. The van der Waals surface area contributed by atoms with Gasteiger partial charge in [-0.05, 0) is 41.1 Å². The Labute approximate surface area is 117 Å². The van der Waals surface area contributed by atoms with Gasteiger partial charge in [-0.2, -0.15) is 0 Å². The second-order valence-electron chi connectivity index (χ2n) is 3.81. The molecule has 2 heterocycles. The molecule has 0 saturated carbocycles. The smallest absolute Gasteiger partial charge is 0.231 e. The summed E-state index contributed by atoms with van der Waals surface area (Å²) in [5.41, 5.74) is 1.64. The van der Waals surface area contributed by atoms with Gasteiger partial charge >= 0.3 is 0 Å². The highest BCUT2D eigenvalue weighted by molar-refractivity contribution is 9.10. The van der Waals surface area contributed by atoms with Gasteiger partial charge in [0, 0.05) is 5.56 Å². The SMILES string of the molecule is Cc1nc(-c2ccc3c(c2)OCO3)nc(Cl)c1Br. The molecule has 0 amide bonds. The van der Waals surface area contributed by atoms with E-state index in [9.17, 15) is 0 Å². The number of benzene rings is 1. The summed E-state index contributed by atoms with van der Waals surface area (Å²) in [4.78, 5) is 8.63. The van der Waals surface area contributed by atoms with Gasteiger partial charge in [-0.15, -0.1) is 0 Å². The zero-order valence-electron chi connectivity index (χ0n) is 9.41. The van der Waals surface area contributed by atoms with Crippen molar-refractivity contribution >= 4 is 27.5 Å². The number of halogens is 2. The third-order valence-corrected chi connectivity index (χ3v) is 4.06. The Morgan fingerprint density at radius 2 is 2.00 bits per heavy atom. The Morgan fingerprint density at radius 3 is 2.78 bits per heavy atom. The number of aryl methyl sites for hydroxylation is 1. The first kappa shape index (κ1) is 11.7. The van der Waals surface area contributed by atoms with Crippen molar-refractivity contribution in [3.8, 4) is 22.9 Å². The van der Waals surface area contributed by atoms with E-state index < -0.39 is 0 Å². The Balaban J connectivity index is 2.10. The summed E-state index contributed by atoms with van der Waals surface area (Å²) in [5, 5.41) is 0.398. The molecule has 1 aromatic carbocycles. The summed E-state index contributed by atoms with van der Waals surface area (Å²) in [6, 6.07) is 5.57. The first-order valence-electron chi connectivity index (χ1n) is 5.25. The second-order valence-corrected chi connectivity index (χ2v) is 4.96. The first-order valence-corrected chi connectivity index (χ1v) is 6.42. The minimum Gasteiger partial charge on any atom is -0.454 e. The van der Waals surface area contributed by atoms with Gasteiger partial charge in [0.1, 0.15) is 5.15 Å². The molecule has 6 heteroatoms. The lowest BCUT2D eigenvalue weighted by atomic mass is 10.2. The topological polar surface area (TPSA) is 44.2 Å². The monoisotopic (exact) mass is 326 g/mol. The van der Waals surface area contributed by atoms with E-state index in [1.165, 1.54) is 0 Å². The van der Waals surface area contributed by atoms with Crippen LogP contribution >= 0.6 is 27.5 Å². The Bertz CT molecular complexity index is 610. The summed E-state index contributed by atoms with van der Waals surface area (Å²) < 4.78 is 11.3. The van der Waals surface area contributed by atoms with E-state index in [1.54, 1.807) is 0 Å². The van der Waals surface area contributed by atoms with E-state index in [4.69, 9.17) is 21.1 Å². The van der Waals surface area contributed by atoms with Crippen molar-refractivity contribution in [2.75, 3.05) is 6.79 Å². The predicted octanol–water partition coefficient (Wildman–Crippen LogP) is 3.60. The van der Waals surface area contributed by atoms with Crippen LogP contribution in [0.5, 0.6) is 11.5 Å². The fourth-order valence-electron chi connectivity index (χ4n) is 1.69. The zero-order valence-corrected chi connectivity index (χ0v) is 11.7. The molecule has 0 saturated heterocycles. The Morgan fingerprint density at radius 1 is 1.22 bits per heavy atom. The summed E-state index contributed by atoms with van der Waals surface area (Å²) in [5.74, 6) is 2.01. The van der Waals surface area contributed by atoms with E-state index in [2.05, 4.69) is 25.9 Å². The maximum Gasteiger partial charge on any atom is 0.231 e. The Kier molecular flexibility index (Phi) is 2.87. The molecule has 0 bridgehead atoms. The number of ether oxygens (including phenoxy) is 2. The molecule has 0 spiro atoms. The van der Waals surface area contributed by atoms with Gasteiger partial charge < -0.3 is 9.47 Å². The molecule has 1 aliphatic rings. The van der Waals surface area contributed by atoms with Crippen molar-refractivity contribution in [1.82, 2.24) is 9.97 Å². The van der Waals surface area contributed by atoms with Gasteiger partial charge in [0.25, 0.3) is 0 Å². The highest BCUT2D eigenvalue weighted by Crippen LogP contribution is 2.35.